The number of nitrogens with zero attached hydrogens (tertiary/aromatic N) is 2. The Kier molecular flexibility index (Phi) is 3.25. The Morgan fingerprint density at radius 1 is 1.12 bits per heavy atom. The number of hydrogen-bond donors (Lipinski definition) is 2. The average Bonchev–Trinajstić information content (AvgIpc) is 3.34. The lowest BCUT2D eigenvalue weighted by molar-refractivity contribution is 0.323. The lowest BCUT2D eigenvalue weighted by atomic mass is 9.97. The summed E-state index contributed by atoms with van der Waals surface area (Å²) in [6.45, 7) is 0.755. The summed E-state index contributed by atoms with van der Waals surface area (Å²) in [6.07, 6.45) is 7.37. The number of aromatic nitrogens is 2. The molecular formula is C20H18N4O2. The van der Waals surface area contributed by atoms with Crippen molar-refractivity contribution in [3.05, 3.63) is 60.6 Å². The number of pyridine rings is 2. The van der Waals surface area contributed by atoms with Gasteiger partial charge >= 0.3 is 0 Å². The van der Waals surface area contributed by atoms with E-state index in [0.29, 0.717) is 11.6 Å². The molecule has 5 rings (SSSR count). The SMILES string of the molecule is Nc1ccncc1Nc1ccc(Oc2cccc3c2C2(CC2)CO3)nc1. The number of anilines is 3. The van der Waals surface area contributed by atoms with Crippen LogP contribution in [0, 0.1) is 0 Å². The van der Waals surface area contributed by atoms with Crippen molar-refractivity contribution in [3.8, 4) is 17.4 Å². The Bertz CT molecular complexity index is 968. The predicted octanol–water partition coefficient (Wildman–Crippen LogP) is 4.02. The van der Waals surface area contributed by atoms with Crippen molar-refractivity contribution in [2.24, 2.45) is 0 Å². The molecule has 26 heavy (non-hydrogen) atoms. The van der Waals surface area contributed by atoms with Crippen LogP contribution in [-0.4, -0.2) is 16.6 Å². The first-order chi connectivity index (χ1) is 12.7. The van der Waals surface area contributed by atoms with E-state index < -0.39 is 0 Å². The van der Waals surface area contributed by atoms with E-state index >= 15 is 0 Å². The van der Waals surface area contributed by atoms with Gasteiger partial charge in [0.1, 0.15) is 11.5 Å². The van der Waals surface area contributed by atoms with Crippen molar-refractivity contribution in [3.63, 3.8) is 0 Å². The first-order valence-corrected chi connectivity index (χ1v) is 8.60. The fourth-order valence-corrected chi connectivity index (χ4v) is 3.36. The summed E-state index contributed by atoms with van der Waals surface area (Å²) in [6, 6.07) is 11.4. The van der Waals surface area contributed by atoms with Crippen LogP contribution in [0.25, 0.3) is 0 Å². The lowest BCUT2D eigenvalue weighted by Crippen LogP contribution is -2.08. The van der Waals surface area contributed by atoms with Crippen LogP contribution in [0.1, 0.15) is 18.4 Å². The third-order valence-corrected chi connectivity index (χ3v) is 4.96. The number of fused-ring (bicyclic) bond motifs is 2. The average molecular weight is 346 g/mol. The van der Waals surface area contributed by atoms with Crippen LogP contribution in [0.3, 0.4) is 0 Å². The van der Waals surface area contributed by atoms with Gasteiger partial charge in [-0.15, -0.1) is 0 Å². The third-order valence-electron chi connectivity index (χ3n) is 4.96. The Hall–Kier alpha value is -3.28. The Morgan fingerprint density at radius 3 is 2.81 bits per heavy atom. The van der Waals surface area contributed by atoms with Gasteiger partial charge in [-0.3, -0.25) is 4.98 Å². The summed E-state index contributed by atoms with van der Waals surface area (Å²) >= 11 is 0. The van der Waals surface area contributed by atoms with Crippen LogP contribution in [0.4, 0.5) is 17.1 Å². The Morgan fingerprint density at radius 2 is 2.04 bits per heavy atom. The zero-order chi connectivity index (χ0) is 17.6. The number of rotatable bonds is 4. The van der Waals surface area contributed by atoms with Gasteiger partial charge in [-0.1, -0.05) is 6.07 Å². The Labute approximate surface area is 151 Å². The number of ether oxygens (including phenoxy) is 2. The van der Waals surface area contributed by atoms with E-state index in [4.69, 9.17) is 15.2 Å². The number of nitrogens with one attached hydrogen (secondary N) is 1. The van der Waals surface area contributed by atoms with Crippen molar-refractivity contribution in [2.75, 3.05) is 17.7 Å². The first-order valence-electron chi connectivity index (χ1n) is 8.60. The molecule has 6 heteroatoms. The van der Waals surface area contributed by atoms with Crippen LogP contribution in [0.5, 0.6) is 17.4 Å². The molecule has 0 unspecified atom stereocenters. The highest BCUT2D eigenvalue weighted by Crippen LogP contribution is 2.58. The fraction of sp³-hybridized carbons (Fsp3) is 0.200. The Balaban J connectivity index is 1.37. The van der Waals surface area contributed by atoms with E-state index in [-0.39, 0.29) is 5.41 Å². The predicted molar refractivity (Wildman–Crippen MR) is 99.1 cm³/mol. The number of nitrogens with two attached hydrogens (primary N) is 1. The molecule has 6 nitrogen and oxygen atoms in total. The zero-order valence-corrected chi connectivity index (χ0v) is 14.1. The molecule has 1 saturated carbocycles. The largest absolute Gasteiger partial charge is 0.492 e. The minimum atomic E-state index is 0.158. The fourth-order valence-electron chi connectivity index (χ4n) is 3.36. The molecule has 1 aromatic carbocycles. The van der Waals surface area contributed by atoms with E-state index in [1.165, 1.54) is 5.56 Å². The summed E-state index contributed by atoms with van der Waals surface area (Å²) in [5, 5.41) is 3.20. The summed E-state index contributed by atoms with van der Waals surface area (Å²) in [7, 11) is 0. The van der Waals surface area contributed by atoms with Crippen LogP contribution in [-0.2, 0) is 5.41 Å². The molecule has 2 aromatic heterocycles. The number of hydrogen-bond acceptors (Lipinski definition) is 6. The molecule has 0 atom stereocenters. The second kappa shape index (κ2) is 5.62. The van der Waals surface area contributed by atoms with Gasteiger partial charge in [0.2, 0.25) is 5.88 Å². The molecule has 2 aliphatic rings. The molecule has 3 heterocycles. The molecule has 1 aliphatic heterocycles. The molecule has 1 spiro atoms. The molecule has 0 amide bonds. The quantitative estimate of drug-likeness (QED) is 0.742. The van der Waals surface area contributed by atoms with E-state index in [9.17, 15) is 0 Å². The normalized spacial score (nSPS) is 16.0. The zero-order valence-electron chi connectivity index (χ0n) is 14.1. The standard InChI is InChI=1S/C20H18N4O2/c21-14-6-9-22-11-15(14)24-13-4-5-18(23-10-13)26-17-3-1-2-16-19(17)20(7-8-20)12-25-16/h1-6,9-11,24H,7-8,12H2,(H2,21,22). The van der Waals surface area contributed by atoms with E-state index in [1.807, 2.05) is 30.3 Å². The lowest BCUT2D eigenvalue weighted by Gasteiger charge is -2.13. The molecule has 1 aliphatic carbocycles. The molecule has 3 aromatic rings. The minimum Gasteiger partial charge on any atom is -0.492 e. The first kappa shape index (κ1) is 15.0. The van der Waals surface area contributed by atoms with Crippen LogP contribution in [0.15, 0.2) is 55.0 Å². The smallest absolute Gasteiger partial charge is 0.219 e. The molecule has 0 radical (unpaired) electrons. The van der Waals surface area contributed by atoms with E-state index in [0.717, 1.165) is 42.3 Å². The molecule has 1 fully saturated rings. The van der Waals surface area contributed by atoms with Crippen LogP contribution < -0.4 is 20.5 Å². The van der Waals surface area contributed by atoms with Crippen molar-refractivity contribution < 1.29 is 9.47 Å². The summed E-state index contributed by atoms with van der Waals surface area (Å²) in [4.78, 5) is 8.48. The van der Waals surface area contributed by atoms with Gasteiger partial charge in [0.25, 0.3) is 0 Å². The molecule has 3 N–H and O–H groups in total. The van der Waals surface area contributed by atoms with Gasteiger partial charge < -0.3 is 20.5 Å². The maximum absolute atomic E-state index is 6.07. The molecular weight excluding hydrogens is 328 g/mol. The maximum Gasteiger partial charge on any atom is 0.219 e. The van der Waals surface area contributed by atoms with Gasteiger partial charge in [0.05, 0.1) is 36.1 Å². The monoisotopic (exact) mass is 346 g/mol. The summed E-state index contributed by atoms with van der Waals surface area (Å²) < 4.78 is 11.9. The van der Waals surface area contributed by atoms with Crippen LogP contribution in [0.2, 0.25) is 0 Å². The number of benzene rings is 1. The van der Waals surface area contributed by atoms with Crippen molar-refractivity contribution in [2.45, 2.75) is 18.3 Å². The van der Waals surface area contributed by atoms with Crippen molar-refractivity contribution in [1.29, 1.82) is 0 Å². The highest BCUT2D eigenvalue weighted by molar-refractivity contribution is 5.71. The van der Waals surface area contributed by atoms with Gasteiger partial charge in [0.15, 0.2) is 0 Å². The summed E-state index contributed by atoms with van der Waals surface area (Å²) in [5.41, 5.74) is 9.47. The molecule has 0 saturated heterocycles. The topological polar surface area (TPSA) is 82.3 Å². The van der Waals surface area contributed by atoms with Crippen molar-refractivity contribution in [1.82, 2.24) is 9.97 Å². The maximum atomic E-state index is 6.07. The highest BCUT2D eigenvalue weighted by Gasteiger charge is 2.52. The van der Waals surface area contributed by atoms with Gasteiger partial charge in [-0.05, 0) is 37.1 Å². The minimum absolute atomic E-state index is 0.158. The second-order valence-electron chi connectivity index (χ2n) is 6.77. The second-order valence-corrected chi connectivity index (χ2v) is 6.77. The van der Waals surface area contributed by atoms with Crippen LogP contribution >= 0.6 is 0 Å². The van der Waals surface area contributed by atoms with Crippen molar-refractivity contribution >= 4 is 17.1 Å². The third kappa shape index (κ3) is 2.50. The highest BCUT2D eigenvalue weighted by atomic mass is 16.5. The van der Waals surface area contributed by atoms with Gasteiger partial charge in [-0.25, -0.2) is 4.98 Å². The van der Waals surface area contributed by atoms with Gasteiger partial charge in [-0.2, -0.15) is 0 Å². The molecule has 130 valence electrons. The van der Waals surface area contributed by atoms with E-state index in [2.05, 4.69) is 15.3 Å². The summed E-state index contributed by atoms with van der Waals surface area (Å²) in [5.74, 6) is 2.32. The van der Waals surface area contributed by atoms with E-state index in [1.54, 1.807) is 24.7 Å². The molecule has 0 bridgehead atoms. The number of nitrogen functional groups attached to an aromatic ring is 1. The van der Waals surface area contributed by atoms with Gasteiger partial charge in [0, 0.05) is 23.2 Å².